The van der Waals surface area contributed by atoms with E-state index in [0.29, 0.717) is 23.2 Å². The summed E-state index contributed by atoms with van der Waals surface area (Å²) in [6.07, 6.45) is 0.495. The van der Waals surface area contributed by atoms with E-state index >= 15 is 4.39 Å². The standard InChI is InChI=1S/C32H37FN6O7/c1-6-16-17-8-23(37-25(40)11-35-28(41)15(5)36-29(42)26(34)14(3)4)21(33)10-22(17)38-27-18(16)12-39-24(27)9-20-19(30(39)43)13-46-31(44)32(20,45)7-2/h8-10,14-15,26,45H,6-7,11-13,34H2,1-5H3,(H,35,41)(H,36,42)(H,37,40)/t15-,26-,32-/m0/s1. The van der Waals surface area contributed by atoms with Gasteiger partial charge in [0.15, 0.2) is 5.60 Å². The first-order chi connectivity index (χ1) is 21.7. The van der Waals surface area contributed by atoms with Gasteiger partial charge in [0.1, 0.15) is 18.5 Å². The summed E-state index contributed by atoms with van der Waals surface area (Å²) in [5, 5.41) is 19.1. The summed E-state index contributed by atoms with van der Waals surface area (Å²) in [7, 11) is 0. The van der Waals surface area contributed by atoms with Crippen LogP contribution in [0.15, 0.2) is 23.0 Å². The number of pyridine rings is 2. The summed E-state index contributed by atoms with van der Waals surface area (Å²) in [5.74, 6) is -3.53. The lowest BCUT2D eigenvalue weighted by molar-refractivity contribution is -0.172. The number of aryl methyl sites for hydroxylation is 1. The minimum atomic E-state index is -1.97. The van der Waals surface area contributed by atoms with E-state index in [2.05, 4.69) is 20.9 Å². The number of carbonyl (C=O) groups excluding carboxylic acids is 4. The second kappa shape index (κ2) is 12.2. The van der Waals surface area contributed by atoms with Crippen molar-refractivity contribution in [2.45, 2.75) is 78.3 Å². The van der Waals surface area contributed by atoms with Crippen LogP contribution in [-0.2, 0) is 49.1 Å². The predicted molar refractivity (Wildman–Crippen MR) is 166 cm³/mol. The number of aromatic nitrogens is 2. The maximum absolute atomic E-state index is 15.3. The highest BCUT2D eigenvalue weighted by Gasteiger charge is 2.45. The molecule has 0 saturated heterocycles. The lowest BCUT2D eigenvalue weighted by atomic mass is 9.86. The lowest BCUT2D eigenvalue weighted by Crippen LogP contribution is -2.52. The largest absolute Gasteiger partial charge is 0.458 e. The summed E-state index contributed by atoms with van der Waals surface area (Å²) >= 11 is 0. The molecule has 6 N–H and O–H groups in total. The fourth-order valence-electron chi connectivity index (χ4n) is 5.88. The first kappa shape index (κ1) is 32.7. The number of amides is 3. The van der Waals surface area contributed by atoms with Crippen molar-refractivity contribution in [3.63, 3.8) is 0 Å². The van der Waals surface area contributed by atoms with Crippen LogP contribution in [0, 0.1) is 11.7 Å². The van der Waals surface area contributed by atoms with Crippen LogP contribution in [-0.4, -0.2) is 57.0 Å². The third-order valence-corrected chi connectivity index (χ3v) is 8.72. The second-order valence-corrected chi connectivity index (χ2v) is 12.0. The number of halogens is 1. The monoisotopic (exact) mass is 636 g/mol. The zero-order valence-electron chi connectivity index (χ0n) is 26.2. The molecule has 3 aromatic rings. The average Bonchev–Trinajstić information content (AvgIpc) is 3.39. The van der Waals surface area contributed by atoms with Gasteiger partial charge in [0.05, 0.1) is 47.3 Å². The molecule has 2 aromatic heterocycles. The number of carbonyl (C=O) groups is 4. The summed E-state index contributed by atoms with van der Waals surface area (Å²) in [5.41, 5.74) is 6.32. The number of hydrogen-bond acceptors (Lipinski definition) is 9. The van der Waals surface area contributed by atoms with Crippen molar-refractivity contribution >= 4 is 40.3 Å². The van der Waals surface area contributed by atoms with Crippen molar-refractivity contribution in [1.82, 2.24) is 20.2 Å². The van der Waals surface area contributed by atoms with Gasteiger partial charge >= 0.3 is 5.97 Å². The molecule has 1 aromatic carbocycles. The number of hydrogen-bond donors (Lipinski definition) is 5. The molecule has 2 aliphatic rings. The minimum Gasteiger partial charge on any atom is -0.458 e. The van der Waals surface area contributed by atoms with E-state index in [1.54, 1.807) is 26.8 Å². The Morgan fingerprint density at radius 3 is 2.50 bits per heavy atom. The fourth-order valence-corrected chi connectivity index (χ4v) is 5.88. The van der Waals surface area contributed by atoms with E-state index in [0.717, 1.165) is 11.1 Å². The average molecular weight is 637 g/mol. The van der Waals surface area contributed by atoms with Crippen LogP contribution in [0.3, 0.4) is 0 Å². The first-order valence-corrected chi connectivity index (χ1v) is 15.2. The Morgan fingerprint density at radius 1 is 1.13 bits per heavy atom. The van der Waals surface area contributed by atoms with Gasteiger partial charge in [-0.3, -0.25) is 19.2 Å². The number of cyclic esters (lactones) is 1. The third-order valence-electron chi connectivity index (χ3n) is 8.72. The number of benzene rings is 1. The third kappa shape index (κ3) is 5.51. The topological polar surface area (TPSA) is 195 Å². The van der Waals surface area contributed by atoms with Crippen molar-refractivity contribution in [2.24, 2.45) is 11.7 Å². The zero-order valence-corrected chi connectivity index (χ0v) is 26.2. The highest BCUT2D eigenvalue weighted by atomic mass is 19.1. The summed E-state index contributed by atoms with van der Waals surface area (Å²) in [4.78, 5) is 68.0. The lowest BCUT2D eigenvalue weighted by Gasteiger charge is -2.31. The Labute approximate surface area is 263 Å². The van der Waals surface area contributed by atoms with E-state index in [1.165, 1.54) is 23.6 Å². The van der Waals surface area contributed by atoms with Crippen LogP contribution >= 0.6 is 0 Å². The second-order valence-electron chi connectivity index (χ2n) is 12.0. The van der Waals surface area contributed by atoms with Gasteiger partial charge in [0, 0.05) is 22.6 Å². The molecule has 0 aliphatic carbocycles. The van der Waals surface area contributed by atoms with Crippen molar-refractivity contribution < 1.29 is 33.4 Å². The van der Waals surface area contributed by atoms with Gasteiger partial charge in [-0.2, -0.15) is 0 Å². The van der Waals surface area contributed by atoms with E-state index < -0.39 is 59.3 Å². The van der Waals surface area contributed by atoms with Crippen LogP contribution in [0.4, 0.5) is 10.1 Å². The van der Waals surface area contributed by atoms with Crippen LogP contribution in [0.25, 0.3) is 22.3 Å². The minimum absolute atomic E-state index is 0.00588. The van der Waals surface area contributed by atoms with E-state index in [-0.39, 0.29) is 47.8 Å². The Morgan fingerprint density at radius 2 is 1.85 bits per heavy atom. The molecule has 0 radical (unpaired) electrons. The van der Waals surface area contributed by atoms with Gasteiger partial charge in [-0.25, -0.2) is 14.2 Å². The van der Waals surface area contributed by atoms with Crippen LogP contribution in [0.5, 0.6) is 0 Å². The zero-order chi connectivity index (χ0) is 33.7. The fraction of sp³-hybridized carbons (Fsp3) is 0.438. The van der Waals surface area contributed by atoms with Crippen LogP contribution < -0.4 is 27.2 Å². The summed E-state index contributed by atoms with van der Waals surface area (Å²) in [6, 6.07) is 2.49. The van der Waals surface area contributed by atoms with E-state index in [1.807, 2.05) is 6.92 Å². The number of fused-ring (bicyclic) bond motifs is 5. The molecule has 5 rings (SSSR count). The van der Waals surface area contributed by atoms with Gasteiger partial charge in [0.25, 0.3) is 5.56 Å². The maximum Gasteiger partial charge on any atom is 0.343 e. The quantitative estimate of drug-likeness (QED) is 0.168. The summed E-state index contributed by atoms with van der Waals surface area (Å²) in [6.45, 7) is 7.97. The van der Waals surface area contributed by atoms with E-state index in [4.69, 9.17) is 10.5 Å². The maximum atomic E-state index is 15.3. The van der Waals surface area contributed by atoms with Crippen molar-refractivity contribution in [1.29, 1.82) is 0 Å². The molecule has 0 spiro atoms. The van der Waals surface area contributed by atoms with Gasteiger partial charge in [-0.05, 0) is 43.4 Å². The number of nitrogens with one attached hydrogen (secondary N) is 3. The molecule has 4 heterocycles. The highest BCUT2D eigenvalue weighted by Crippen LogP contribution is 2.41. The Balaban J connectivity index is 1.40. The number of aliphatic hydroxyl groups is 1. The Kier molecular flexibility index (Phi) is 8.71. The first-order valence-electron chi connectivity index (χ1n) is 15.2. The molecule has 3 atom stereocenters. The number of rotatable bonds is 9. The number of ether oxygens (including phenoxy) is 1. The van der Waals surface area contributed by atoms with Gasteiger partial charge in [-0.1, -0.05) is 27.7 Å². The van der Waals surface area contributed by atoms with Gasteiger partial charge in [-0.15, -0.1) is 0 Å². The smallest absolute Gasteiger partial charge is 0.343 e. The Hall–Kier alpha value is -4.69. The predicted octanol–water partition coefficient (Wildman–Crippen LogP) is 1.32. The summed E-state index contributed by atoms with van der Waals surface area (Å²) < 4.78 is 21.9. The molecule has 0 unspecified atom stereocenters. The molecule has 2 aliphatic heterocycles. The normalized spacial score (nSPS) is 17.9. The van der Waals surface area contributed by atoms with E-state index in [9.17, 15) is 29.1 Å². The molecule has 46 heavy (non-hydrogen) atoms. The molecular weight excluding hydrogens is 599 g/mol. The molecular formula is C32H37FN6O7. The van der Waals surface area contributed by atoms with Crippen LogP contribution in [0.1, 0.15) is 63.3 Å². The molecule has 3 amide bonds. The molecule has 244 valence electrons. The Bertz CT molecular complexity index is 1860. The van der Waals surface area contributed by atoms with Crippen molar-refractivity contribution in [3.05, 3.63) is 56.6 Å². The molecule has 0 saturated carbocycles. The molecule has 14 heteroatoms. The molecule has 0 bridgehead atoms. The van der Waals surface area contributed by atoms with Crippen molar-refractivity contribution in [3.8, 4) is 11.4 Å². The van der Waals surface area contributed by atoms with Crippen LogP contribution in [0.2, 0.25) is 0 Å². The van der Waals surface area contributed by atoms with Gasteiger partial charge < -0.3 is 36.1 Å². The molecule has 0 fully saturated rings. The highest BCUT2D eigenvalue weighted by molar-refractivity contribution is 5.99. The molecule has 13 nitrogen and oxygen atoms in total. The number of nitrogens with two attached hydrogens (primary N) is 1. The van der Waals surface area contributed by atoms with Gasteiger partial charge in [0.2, 0.25) is 17.7 Å². The number of esters is 1. The van der Waals surface area contributed by atoms with Crippen molar-refractivity contribution in [2.75, 3.05) is 11.9 Å². The SMILES string of the molecule is CCc1c2c(nc3cc(F)c(NC(=O)CNC(=O)[C@H](C)NC(=O)[C@@H](N)C(C)C)cc13)-c1cc3c(c(=O)n1C2)COC(=O)[C@]3(O)CC. The number of anilines is 1. The number of nitrogens with zero attached hydrogens (tertiary/aromatic N) is 2.